The number of aliphatic hydroxyl groups excluding tert-OH is 1. The Labute approximate surface area is 190 Å². The molecule has 0 spiro atoms. The van der Waals surface area contributed by atoms with Crippen LogP contribution in [0.3, 0.4) is 0 Å². The number of ether oxygens (including phenoxy) is 1. The summed E-state index contributed by atoms with van der Waals surface area (Å²) in [5.41, 5.74) is 6.29. The van der Waals surface area contributed by atoms with Gasteiger partial charge in [-0.05, 0) is 55.3 Å². The van der Waals surface area contributed by atoms with Crippen LogP contribution in [0.25, 0.3) is 0 Å². The van der Waals surface area contributed by atoms with E-state index in [1.165, 1.54) is 29.2 Å². The van der Waals surface area contributed by atoms with Gasteiger partial charge in [0, 0.05) is 24.3 Å². The molecule has 4 amide bonds. The van der Waals surface area contributed by atoms with Gasteiger partial charge in [0.25, 0.3) is 11.8 Å². The molecule has 1 heterocycles. The van der Waals surface area contributed by atoms with Crippen LogP contribution in [0.15, 0.2) is 48.5 Å². The number of benzene rings is 2. The van der Waals surface area contributed by atoms with E-state index in [1.54, 1.807) is 24.3 Å². The van der Waals surface area contributed by atoms with Crippen LogP contribution >= 0.6 is 0 Å². The molecule has 1 aliphatic heterocycles. The van der Waals surface area contributed by atoms with Crippen molar-refractivity contribution in [2.75, 3.05) is 25.0 Å². The number of carbonyl (C=O) groups excluding carboxylic acids is 3. The smallest absolute Gasteiger partial charge is 0.321 e. The fourth-order valence-electron chi connectivity index (χ4n) is 3.45. The van der Waals surface area contributed by atoms with Crippen molar-refractivity contribution in [3.05, 3.63) is 59.7 Å². The van der Waals surface area contributed by atoms with Gasteiger partial charge < -0.3 is 31.1 Å². The average molecular weight is 451 g/mol. The first-order valence-electron chi connectivity index (χ1n) is 10.4. The predicted molar refractivity (Wildman–Crippen MR) is 119 cm³/mol. The molecule has 2 aromatic carbocycles. The lowest BCUT2D eigenvalue weighted by molar-refractivity contribution is -0.119. The van der Waals surface area contributed by atoms with E-state index >= 15 is 0 Å². The summed E-state index contributed by atoms with van der Waals surface area (Å²) in [6, 6.07) is 13.7. The first kappa shape index (κ1) is 23.6. The quantitative estimate of drug-likeness (QED) is 0.517. The maximum absolute atomic E-state index is 12.8. The molecule has 1 aliphatic rings. The van der Waals surface area contributed by atoms with Crippen molar-refractivity contribution in [2.24, 2.45) is 5.73 Å². The van der Waals surface area contributed by atoms with Gasteiger partial charge in [0.1, 0.15) is 5.75 Å². The minimum atomic E-state index is -0.813. The monoisotopic (exact) mass is 451 g/mol. The van der Waals surface area contributed by atoms with Crippen LogP contribution in [0.4, 0.5) is 10.5 Å². The summed E-state index contributed by atoms with van der Waals surface area (Å²) in [7, 11) is 0. The zero-order valence-corrected chi connectivity index (χ0v) is 17.9. The molecular weight excluding hydrogens is 426 g/mol. The van der Waals surface area contributed by atoms with Crippen molar-refractivity contribution in [2.45, 2.75) is 25.0 Å². The van der Waals surface area contributed by atoms with E-state index in [0.29, 0.717) is 42.0 Å². The number of urea groups is 1. The van der Waals surface area contributed by atoms with E-state index in [9.17, 15) is 19.5 Å². The SMILES string of the molecule is N#Cc1cccc(NC(=O)N2CCCC(O)C(NC(=O)c3ccc(OCC(N)=O)cc3)C2)c1. The van der Waals surface area contributed by atoms with Crippen LogP contribution in [-0.4, -0.2) is 59.7 Å². The third-order valence-electron chi connectivity index (χ3n) is 5.15. The van der Waals surface area contributed by atoms with E-state index in [-0.39, 0.29) is 19.2 Å². The molecule has 5 N–H and O–H groups in total. The number of nitrogens with zero attached hydrogens (tertiary/aromatic N) is 2. The lowest BCUT2D eigenvalue weighted by Crippen LogP contribution is -2.50. The van der Waals surface area contributed by atoms with Crippen molar-refractivity contribution < 1.29 is 24.2 Å². The predicted octanol–water partition coefficient (Wildman–Crippen LogP) is 1.21. The second-order valence-corrected chi connectivity index (χ2v) is 7.64. The lowest BCUT2D eigenvalue weighted by atomic mass is 10.1. The van der Waals surface area contributed by atoms with Crippen molar-refractivity contribution >= 4 is 23.5 Å². The van der Waals surface area contributed by atoms with Crippen molar-refractivity contribution in [3.63, 3.8) is 0 Å². The van der Waals surface area contributed by atoms with Gasteiger partial charge >= 0.3 is 6.03 Å². The molecule has 172 valence electrons. The molecule has 0 bridgehead atoms. The largest absolute Gasteiger partial charge is 0.484 e. The summed E-state index contributed by atoms with van der Waals surface area (Å²) in [5, 5.41) is 25.1. The number of rotatable bonds is 6. The summed E-state index contributed by atoms with van der Waals surface area (Å²) in [6.45, 7) is 0.272. The van der Waals surface area contributed by atoms with Crippen LogP contribution < -0.4 is 21.1 Å². The molecule has 0 aliphatic carbocycles. The molecule has 1 saturated heterocycles. The summed E-state index contributed by atoms with van der Waals surface area (Å²) in [4.78, 5) is 37.8. The Morgan fingerprint density at radius 3 is 2.67 bits per heavy atom. The van der Waals surface area contributed by atoms with Crippen molar-refractivity contribution in [1.82, 2.24) is 10.2 Å². The van der Waals surface area contributed by atoms with Crippen LogP contribution in [0.5, 0.6) is 5.75 Å². The fourth-order valence-corrected chi connectivity index (χ4v) is 3.45. The minimum absolute atomic E-state index is 0.122. The average Bonchev–Trinajstić information content (AvgIpc) is 2.99. The molecule has 2 atom stereocenters. The van der Waals surface area contributed by atoms with Gasteiger partial charge in [-0.2, -0.15) is 5.26 Å². The molecular formula is C23H25N5O5. The van der Waals surface area contributed by atoms with Gasteiger partial charge in [-0.15, -0.1) is 0 Å². The van der Waals surface area contributed by atoms with Crippen molar-refractivity contribution in [3.8, 4) is 11.8 Å². The van der Waals surface area contributed by atoms with Crippen LogP contribution in [-0.2, 0) is 4.79 Å². The normalized spacial score (nSPS) is 17.9. The van der Waals surface area contributed by atoms with Gasteiger partial charge in [-0.1, -0.05) is 6.07 Å². The summed E-state index contributed by atoms with van der Waals surface area (Å²) in [6.07, 6.45) is 0.190. The number of anilines is 1. The molecule has 2 aromatic rings. The third-order valence-corrected chi connectivity index (χ3v) is 5.15. The Kier molecular flexibility index (Phi) is 7.83. The Morgan fingerprint density at radius 2 is 1.97 bits per heavy atom. The summed E-state index contributed by atoms with van der Waals surface area (Å²) >= 11 is 0. The number of hydrogen-bond acceptors (Lipinski definition) is 6. The number of hydrogen-bond donors (Lipinski definition) is 4. The zero-order chi connectivity index (χ0) is 23.8. The standard InChI is InChI=1S/C23H25N5O5/c24-12-15-3-1-4-17(11-15)26-23(32)28-10-2-5-20(29)19(13-28)27-22(31)16-6-8-18(9-7-16)33-14-21(25)30/h1,3-4,6-9,11,19-20,29H,2,5,10,13-14H2,(H2,25,30)(H,26,32)(H,27,31). The maximum atomic E-state index is 12.8. The van der Waals surface area contributed by atoms with E-state index in [1.807, 2.05) is 6.07 Å². The van der Waals surface area contributed by atoms with E-state index in [4.69, 9.17) is 15.7 Å². The van der Waals surface area contributed by atoms with Crippen LogP contribution in [0.2, 0.25) is 0 Å². The van der Waals surface area contributed by atoms with Gasteiger partial charge in [0.05, 0.1) is 23.8 Å². The molecule has 10 heteroatoms. The topological polar surface area (TPSA) is 158 Å². The first-order valence-corrected chi connectivity index (χ1v) is 10.4. The van der Waals surface area contributed by atoms with Crippen LogP contribution in [0.1, 0.15) is 28.8 Å². The van der Waals surface area contributed by atoms with Crippen molar-refractivity contribution in [1.29, 1.82) is 5.26 Å². The lowest BCUT2D eigenvalue weighted by Gasteiger charge is -2.27. The van der Waals surface area contributed by atoms with Gasteiger partial charge in [0.15, 0.2) is 6.61 Å². The van der Waals surface area contributed by atoms with Gasteiger partial charge in [-0.3, -0.25) is 9.59 Å². The van der Waals surface area contributed by atoms with Gasteiger partial charge in [0.2, 0.25) is 0 Å². The van der Waals surface area contributed by atoms with Gasteiger partial charge in [-0.25, -0.2) is 4.79 Å². The van der Waals surface area contributed by atoms with Crippen LogP contribution in [0, 0.1) is 11.3 Å². The highest BCUT2D eigenvalue weighted by Gasteiger charge is 2.29. The number of nitrogens with one attached hydrogen (secondary N) is 2. The summed E-state index contributed by atoms with van der Waals surface area (Å²) in [5.74, 6) is -0.627. The summed E-state index contributed by atoms with van der Waals surface area (Å²) < 4.78 is 5.17. The van der Waals surface area contributed by atoms with E-state index < -0.39 is 24.0 Å². The Hall–Kier alpha value is -4.10. The van der Waals surface area contributed by atoms with E-state index in [0.717, 1.165) is 0 Å². The first-order chi connectivity index (χ1) is 15.9. The number of carbonyl (C=O) groups is 3. The number of likely N-dealkylation sites (tertiary alicyclic amines) is 1. The Morgan fingerprint density at radius 1 is 1.21 bits per heavy atom. The zero-order valence-electron chi connectivity index (χ0n) is 17.9. The number of nitrogens with two attached hydrogens (primary N) is 1. The fraction of sp³-hybridized carbons (Fsp3) is 0.304. The second kappa shape index (κ2) is 11.0. The highest BCUT2D eigenvalue weighted by molar-refractivity contribution is 5.94. The highest BCUT2D eigenvalue weighted by Crippen LogP contribution is 2.17. The van der Waals surface area contributed by atoms with E-state index in [2.05, 4.69) is 10.6 Å². The molecule has 10 nitrogen and oxygen atoms in total. The molecule has 0 saturated carbocycles. The third kappa shape index (κ3) is 6.69. The minimum Gasteiger partial charge on any atom is -0.484 e. The molecule has 0 radical (unpaired) electrons. The number of nitriles is 1. The number of amides is 4. The maximum Gasteiger partial charge on any atom is 0.321 e. The molecule has 2 unspecified atom stereocenters. The Bertz CT molecular complexity index is 1050. The number of aliphatic hydroxyl groups is 1. The number of primary amides is 1. The molecule has 1 fully saturated rings. The molecule has 3 rings (SSSR count). The highest BCUT2D eigenvalue weighted by atomic mass is 16.5. The second-order valence-electron chi connectivity index (χ2n) is 7.64. The molecule has 33 heavy (non-hydrogen) atoms. The molecule has 0 aromatic heterocycles. The Balaban J connectivity index is 1.62.